The monoisotopic (exact) mass is 410 g/mol. The van der Waals surface area contributed by atoms with Crippen LogP contribution in [0.3, 0.4) is 0 Å². The summed E-state index contributed by atoms with van der Waals surface area (Å²) in [5, 5.41) is 2.87. The third kappa shape index (κ3) is 4.47. The molecule has 3 heterocycles. The summed E-state index contributed by atoms with van der Waals surface area (Å²) in [4.78, 5) is 26.3. The van der Waals surface area contributed by atoms with E-state index < -0.39 is 10.0 Å². The Hall–Kier alpha value is -1.71. The van der Waals surface area contributed by atoms with E-state index in [1.807, 2.05) is 10.6 Å². The molecule has 1 aromatic heterocycles. The van der Waals surface area contributed by atoms with Crippen LogP contribution >= 0.6 is 0 Å². The van der Waals surface area contributed by atoms with E-state index in [0.29, 0.717) is 19.5 Å². The molecule has 3 atom stereocenters. The fraction of sp³-hybridized carbons (Fsp3) is 0.684. The fourth-order valence-corrected chi connectivity index (χ4v) is 5.34. The van der Waals surface area contributed by atoms with E-state index in [0.717, 1.165) is 25.2 Å². The molecule has 9 heteroatoms. The van der Waals surface area contributed by atoms with E-state index in [2.05, 4.69) is 10.2 Å². The minimum absolute atomic E-state index is 0.0203. The summed E-state index contributed by atoms with van der Waals surface area (Å²) in [6.45, 7) is 4.27. The van der Waals surface area contributed by atoms with Crippen molar-refractivity contribution in [3.05, 3.63) is 34.2 Å². The van der Waals surface area contributed by atoms with Crippen LogP contribution in [-0.2, 0) is 14.8 Å². The number of aromatic nitrogens is 1. The first-order valence-electron chi connectivity index (χ1n) is 9.77. The molecule has 2 aliphatic heterocycles. The Kier molecular flexibility index (Phi) is 6.26. The second-order valence-electron chi connectivity index (χ2n) is 8.07. The van der Waals surface area contributed by atoms with Crippen LogP contribution in [0.1, 0.15) is 37.4 Å². The van der Waals surface area contributed by atoms with Crippen LogP contribution in [0.2, 0.25) is 0 Å². The van der Waals surface area contributed by atoms with Crippen LogP contribution in [0.5, 0.6) is 0 Å². The van der Waals surface area contributed by atoms with Crippen LogP contribution in [0.15, 0.2) is 23.0 Å². The molecule has 8 nitrogen and oxygen atoms in total. The van der Waals surface area contributed by atoms with E-state index in [4.69, 9.17) is 0 Å². The number of piperidine rings is 1. The van der Waals surface area contributed by atoms with Crippen LogP contribution in [0.4, 0.5) is 0 Å². The molecule has 0 spiro atoms. The van der Waals surface area contributed by atoms with Gasteiger partial charge in [0.2, 0.25) is 15.9 Å². The summed E-state index contributed by atoms with van der Waals surface area (Å²) >= 11 is 0. The number of fused-ring (bicyclic) bond motifs is 4. The van der Waals surface area contributed by atoms with Crippen LogP contribution in [-0.4, -0.2) is 74.1 Å². The second kappa shape index (κ2) is 8.34. The molecule has 1 amide bonds. The summed E-state index contributed by atoms with van der Waals surface area (Å²) in [5.74, 6) is 0.543. The lowest BCUT2D eigenvalue weighted by molar-refractivity contribution is -0.119. The van der Waals surface area contributed by atoms with Gasteiger partial charge >= 0.3 is 0 Å². The van der Waals surface area contributed by atoms with Crippen molar-refractivity contribution in [1.29, 1.82) is 0 Å². The zero-order valence-corrected chi connectivity index (χ0v) is 17.6. The quantitative estimate of drug-likeness (QED) is 0.695. The Balaban J connectivity index is 1.75. The van der Waals surface area contributed by atoms with Crippen LogP contribution < -0.4 is 10.9 Å². The zero-order chi connectivity index (χ0) is 20.5. The molecular formula is C19H30N4O4S. The van der Waals surface area contributed by atoms with Gasteiger partial charge in [-0.1, -0.05) is 6.07 Å². The number of amides is 1. The fourth-order valence-electron chi connectivity index (χ4n) is 4.48. The van der Waals surface area contributed by atoms with E-state index in [9.17, 15) is 18.0 Å². The Morgan fingerprint density at radius 2 is 2.04 bits per heavy atom. The van der Waals surface area contributed by atoms with Crippen molar-refractivity contribution in [2.24, 2.45) is 5.92 Å². The molecule has 0 radical (unpaired) electrons. The molecule has 0 aromatic carbocycles. The van der Waals surface area contributed by atoms with E-state index in [-0.39, 0.29) is 35.1 Å². The lowest BCUT2D eigenvalue weighted by Gasteiger charge is -2.47. The highest BCUT2D eigenvalue weighted by atomic mass is 32.2. The smallest absolute Gasteiger partial charge is 0.251 e. The lowest BCUT2D eigenvalue weighted by Crippen LogP contribution is -2.52. The normalized spacial score (nSPS) is 24.8. The molecule has 156 valence electrons. The number of nitrogens with zero attached hydrogens (tertiary/aromatic N) is 3. The topological polar surface area (TPSA) is 91.7 Å². The van der Waals surface area contributed by atoms with Gasteiger partial charge in [0.1, 0.15) is 0 Å². The van der Waals surface area contributed by atoms with Crippen LogP contribution in [0.25, 0.3) is 0 Å². The molecular weight excluding hydrogens is 380 g/mol. The van der Waals surface area contributed by atoms with Crippen LogP contribution in [0, 0.1) is 5.92 Å². The number of likely N-dealkylation sites (tertiary alicyclic amines) is 1. The Morgan fingerprint density at radius 1 is 1.29 bits per heavy atom. The van der Waals surface area contributed by atoms with Gasteiger partial charge in [-0.3, -0.25) is 9.59 Å². The highest BCUT2D eigenvalue weighted by molar-refractivity contribution is 7.89. The van der Waals surface area contributed by atoms with Gasteiger partial charge in [0.15, 0.2) is 0 Å². The third-order valence-corrected chi connectivity index (χ3v) is 7.78. The van der Waals surface area contributed by atoms with E-state index in [1.54, 1.807) is 26.2 Å². The molecule has 1 fully saturated rings. The molecule has 1 saturated heterocycles. The van der Waals surface area contributed by atoms with Gasteiger partial charge in [-0.05, 0) is 31.4 Å². The Labute approximate surface area is 166 Å². The van der Waals surface area contributed by atoms with E-state index in [1.165, 1.54) is 11.2 Å². The van der Waals surface area contributed by atoms with Crippen molar-refractivity contribution in [3.8, 4) is 0 Å². The number of carbonyl (C=O) groups excluding carboxylic acids is 1. The first kappa shape index (κ1) is 21.0. The van der Waals surface area contributed by atoms with Crippen molar-refractivity contribution < 1.29 is 13.2 Å². The summed E-state index contributed by atoms with van der Waals surface area (Å²) in [6, 6.07) is 5.31. The number of nitrogens with one attached hydrogen (secondary N) is 1. The molecule has 0 saturated carbocycles. The minimum atomic E-state index is -3.19. The van der Waals surface area contributed by atoms with Crippen molar-refractivity contribution in [1.82, 2.24) is 19.1 Å². The van der Waals surface area contributed by atoms with Gasteiger partial charge in [-0.25, -0.2) is 12.7 Å². The highest BCUT2D eigenvalue weighted by Crippen LogP contribution is 2.40. The number of sulfonamides is 1. The average Bonchev–Trinajstić information content (AvgIpc) is 2.61. The maximum atomic E-state index is 12.5. The van der Waals surface area contributed by atoms with Crippen molar-refractivity contribution in [2.45, 2.75) is 31.7 Å². The Morgan fingerprint density at radius 3 is 2.71 bits per heavy atom. The molecule has 1 aromatic rings. The number of pyridine rings is 1. The minimum Gasteiger partial charge on any atom is -0.354 e. The average molecular weight is 411 g/mol. The van der Waals surface area contributed by atoms with Gasteiger partial charge in [-0.15, -0.1) is 0 Å². The number of hydrogen-bond acceptors (Lipinski definition) is 5. The summed E-state index contributed by atoms with van der Waals surface area (Å²) in [7, 11) is -0.0722. The number of hydrogen-bond donors (Lipinski definition) is 1. The molecule has 0 unspecified atom stereocenters. The third-order valence-electron chi connectivity index (χ3n) is 5.87. The van der Waals surface area contributed by atoms with Gasteiger partial charge in [0.25, 0.3) is 5.56 Å². The van der Waals surface area contributed by atoms with Crippen molar-refractivity contribution in [3.63, 3.8) is 0 Å². The molecule has 1 N–H and O–H groups in total. The maximum Gasteiger partial charge on any atom is 0.251 e. The highest BCUT2D eigenvalue weighted by Gasteiger charge is 2.40. The first-order valence-corrected chi connectivity index (χ1v) is 11.4. The summed E-state index contributed by atoms with van der Waals surface area (Å²) < 4.78 is 27.1. The molecule has 3 rings (SSSR count). The first-order chi connectivity index (χ1) is 13.2. The van der Waals surface area contributed by atoms with Gasteiger partial charge < -0.3 is 14.8 Å². The largest absolute Gasteiger partial charge is 0.354 e. The molecule has 28 heavy (non-hydrogen) atoms. The lowest BCUT2D eigenvalue weighted by atomic mass is 9.78. The number of carbonyl (C=O) groups is 1. The molecule has 2 bridgehead atoms. The second-order valence-corrected chi connectivity index (χ2v) is 10.4. The van der Waals surface area contributed by atoms with E-state index >= 15 is 0 Å². The summed E-state index contributed by atoms with van der Waals surface area (Å²) in [6.07, 6.45) is 1.57. The van der Waals surface area contributed by atoms with Crippen molar-refractivity contribution in [2.75, 3.05) is 46.0 Å². The zero-order valence-electron chi connectivity index (χ0n) is 16.8. The standard InChI is InChI=1S/C19H30N4O4S/c1-14(24)20-11-18-16-10-15(17-6-4-7-19(25)23(17)18)12-22(13-16)8-5-9-28(26,27)21(2)3/h4,6-7,15-16,18H,5,8-13H2,1-3H3,(H,20,24)/t15-,16+,18+/m1/s1. The van der Waals surface area contributed by atoms with Gasteiger partial charge in [0.05, 0.1) is 11.8 Å². The molecule has 0 aliphatic carbocycles. The number of rotatable bonds is 7. The Bertz CT molecular complexity index is 880. The molecule has 2 aliphatic rings. The van der Waals surface area contributed by atoms with Crippen molar-refractivity contribution >= 4 is 15.9 Å². The maximum absolute atomic E-state index is 12.5. The van der Waals surface area contributed by atoms with Gasteiger partial charge in [-0.2, -0.15) is 0 Å². The predicted molar refractivity (Wildman–Crippen MR) is 108 cm³/mol. The van der Waals surface area contributed by atoms with Gasteiger partial charge in [0, 0.05) is 58.3 Å². The SMILES string of the molecule is CC(=O)NC[C@H]1[C@H]2C[C@H](CN(CCCS(=O)(=O)N(C)C)C2)c2cccc(=O)n21. The summed E-state index contributed by atoms with van der Waals surface area (Å²) in [5.41, 5.74) is 0.998. The predicted octanol–water partition coefficient (Wildman–Crippen LogP) is 0.226.